The number of amides is 2. The Morgan fingerprint density at radius 3 is 2.68 bits per heavy atom. The Morgan fingerprint density at radius 1 is 1.28 bits per heavy atom. The Hall–Kier alpha value is -3.00. The van der Waals surface area contributed by atoms with Crippen LogP contribution in [0.4, 0.5) is 10.1 Å². The predicted molar refractivity (Wildman–Crippen MR) is 92.2 cm³/mol. The van der Waals surface area contributed by atoms with E-state index in [2.05, 4.69) is 10.3 Å². The van der Waals surface area contributed by atoms with Crippen molar-refractivity contribution in [2.24, 2.45) is 5.73 Å². The van der Waals surface area contributed by atoms with Gasteiger partial charge >= 0.3 is 0 Å². The molecule has 0 bridgehead atoms. The molecule has 6 nitrogen and oxygen atoms in total. The van der Waals surface area contributed by atoms with Crippen LogP contribution in [-0.2, 0) is 0 Å². The van der Waals surface area contributed by atoms with Crippen LogP contribution in [0.15, 0.2) is 34.1 Å². The minimum atomic E-state index is -0.779. The second-order valence-electron chi connectivity index (χ2n) is 5.40. The maximum Gasteiger partial charge on any atom is 0.275 e. The molecule has 0 aliphatic carbocycles. The van der Waals surface area contributed by atoms with Crippen molar-refractivity contribution in [1.82, 2.24) is 4.98 Å². The van der Waals surface area contributed by atoms with Crippen molar-refractivity contribution >= 4 is 28.8 Å². The van der Waals surface area contributed by atoms with E-state index in [0.717, 1.165) is 11.8 Å². The van der Waals surface area contributed by atoms with Gasteiger partial charge in [-0.3, -0.25) is 9.59 Å². The maximum absolute atomic E-state index is 13.9. The largest absolute Gasteiger partial charge is 0.459 e. The average Bonchev–Trinajstić information content (AvgIpc) is 3.20. The number of aromatic nitrogens is 1. The van der Waals surface area contributed by atoms with Gasteiger partial charge in [0.25, 0.3) is 5.91 Å². The van der Waals surface area contributed by atoms with Gasteiger partial charge < -0.3 is 15.5 Å². The van der Waals surface area contributed by atoms with E-state index in [4.69, 9.17) is 10.2 Å². The first-order valence-electron chi connectivity index (χ1n) is 7.29. The molecular formula is C17H14FN3O3S. The number of aryl methyl sites for hydroxylation is 1. The highest BCUT2D eigenvalue weighted by Gasteiger charge is 2.17. The number of anilines is 1. The van der Waals surface area contributed by atoms with E-state index >= 15 is 0 Å². The number of hydrogen-bond acceptors (Lipinski definition) is 5. The van der Waals surface area contributed by atoms with Crippen LogP contribution >= 0.6 is 11.3 Å². The van der Waals surface area contributed by atoms with Gasteiger partial charge in [-0.1, -0.05) is 0 Å². The SMILES string of the molecule is Cc1ccc(-c2nc(C(=O)Nc3cc(C(N)=O)cc(F)c3C)cs2)o1. The smallest absolute Gasteiger partial charge is 0.275 e. The van der Waals surface area contributed by atoms with Crippen LogP contribution in [0.5, 0.6) is 0 Å². The molecule has 0 fully saturated rings. The van der Waals surface area contributed by atoms with E-state index in [-0.39, 0.29) is 22.5 Å². The molecule has 3 aromatic rings. The molecule has 3 rings (SSSR count). The summed E-state index contributed by atoms with van der Waals surface area (Å²) in [6.45, 7) is 3.31. The molecule has 0 saturated heterocycles. The minimum Gasteiger partial charge on any atom is -0.459 e. The number of nitrogens with one attached hydrogen (secondary N) is 1. The Bertz CT molecular complexity index is 977. The summed E-state index contributed by atoms with van der Waals surface area (Å²) in [5, 5.41) is 4.70. The summed E-state index contributed by atoms with van der Waals surface area (Å²) in [5.74, 6) is -0.616. The lowest BCUT2D eigenvalue weighted by atomic mass is 10.1. The number of thiazole rings is 1. The van der Waals surface area contributed by atoms with Crippen LogP contribution in [0.2, 0.25) is 0 Å². The summed E-state index contributed by atoms with van der Waals surface area (Å²) < 4.78 is 19.4. The number of nitrogens with two attached hydrogens (primary N) is 1. The minimum absolute atomic E-state index is 0.0246. The number of primary amides is 1. The molecule has 3 N–H and O–H groups in total. The number of nitrogens with zero attached hydrogens (tertiary/aromatic N) is 1. The van der Waals surface area contributed by atoms with Crippen molar-refractivity contribution in [2.45, 2.75) is 13.8 Å². The van der Waals surface area contributed by atoms with E-state index in [0.29, 0.717) is 10.8 Å². The number of rotatable bonds is 4. The first-order chi connectivity index (χ1) is 11.8. The predicted octanol–water partition coefficient (Wildman–Crippen LogP) is 3.51. The van der Waals surface area contributed by atoms with Crippen LogP contribution < -0.4 is 11.1 Å². The maximum atomic E-state index is 13.9. The van der Waals surface area contributed by atoms with Crippen molar-refractivity contribution in [3.63, 3.8) is 0 Å². The van der Waals surface area contributed by atoms with Crippen LogP contribution in [0.3, 0.4) is 0 Å². The van der Waals surface area contributed by atoms with Gasteiger partial charge in [0.2, 0.25) is 5.91 Å². The highest BCUT2D eigenvalue weighted by molar-refractivity contribution is 7.13. The van der Waals surface area contributed by atoms with Gasteiger partial charge in [0.15, 0.2) is 10.8 Å². The highest BCUT2D eigenvalue weighted by Crippen LogP contribution is 2.26. The summed E-state index contributed by atoms with van der Waals surface area (Å²) in [6.07, 6.45) is 0. The molecule has 0 aliphatic heterocycles. The van der Waals surface area contributed by atoms with E-state index < -0.39 is 17.6 Å². The summed E-state index contributed by atoms with van der Waals surface area (Å²) in [7, 11) is 0. The van der Waals surface area contributed by atoms with E-state index in [9.17, 15) is 14.0 Å². The molecule has 0 spiro atoms. The Labute approximate surface area is 146 Å². The molecule has 0 saturated carbocycles. The summed E-state index contributed by atoms with van der Waals surface area (Å²) in [5.41, 5.74) is 5.69. The van der Waals surface area contributed by atoms with Gasteiger partial charge in [0.05, 0.1) is 0 Å². The molecule has 0 radical (unpaired) electrons. The second-order valence-corrected chi connectivity index (χ2v) is 6.26. The monoisotopic (exact) mass is 359 g/mol. The van der Waals surface area contributed by atoms with Gasteiger partial charge in [-0.15, -0.1) is 11.3 Å². The first-order valence-corrected chi connectivity index (χ1v) is 8.16. The molecule has 0 unspecified atom stereocenters. The highest BCUT2D eigenvalue weighted by atomic mass is 32.1. The molecule has 1 aromatic carbocycles. The fraction of sp³-hybridized carbons (Fsp3) is 0.118. The molecule has 2 amide bonds. The molecule has 128 valence electrons. The van der Waals surface area contributed by atoms with Crippen molar-refractivity contribution in [3.8, 4) is 10.8 Å². The molecule has 25 heavy (non-hydrogen) atoms. The lowest BCUT2D eigenvalue weighted by Gasteiger charge is -2.09. The topological polar surface area (TPSA) is 98.2 Å². The van der Waals surface area contributed by atoms with E-state index in [1.165, 1.54) is 24.3 Å². The van der Waals surface area contributed by atoms with Crippen molar-refractivity contribution in [1.29, 1.82) is 0 Å². The average molecular weight is 359 g/mol. The number of carbonyl (C=O) groups excluding carboxylic acids is 2. The quantitative estimate of drug-likeness (QED) is 0.745. The third kappa shape index (κ3) is 3.43. The van der Waals surface area contributed by atoms with E-state index in [1.54, 1.807) is 17.5 Å². The summed E-state index contributed by atoms with van der Waals surface area (Å²) in [6, 6.07) is 5.94. The number of carbonyl (C=O) groups is 2. The Kier molecular flexibility index (Phi) is 4.37. The second kappa shape index (κ2) is 6.48. The number of furan rings is 1. The fourth-order valence-electron chi connectivity index (χ4n) is 2.18. The number of benzene rings is 1. The molecule has 0 aliphatic rings. The van der Waals surface area contributed by atoms with Crippen molar-refractivity contribution in [2.75, 3.05) is 5.32 Å². The van der Waals surface area contributed by atoms with Crippen LogP contribution in [0.25, 0.3) is 10.8 Å². The fourth-order valence-corrected chi connectivity index (χ4v) is 2.94. The Balaban J connectivity index is 1.86. The lowest BCUT2D eigenvalue weighted by Crippen LogP contribution is -2.16. The molecule has 0 atom stereocenters. The molecule has 2 aromatic heterocycles. The van der Waals surface area contributed by atoms with E-state index in [1.807, 2.05) is 6.92 Å². The number of halogens is 1. The van der Waals surface area contributed by atoms with Crippen LogP contribution in [-0.4, -0.2) is 16.8 Å². The third-order valence-electron chi connectivity index (χ3n) is 3.57. The van der Waals surface area contributed by atoms with Gasteiger partial charge in [-0.05, 0) is 38.1 Å². The van der Waals surface area contributed by atoms with Gasteiger partial charge in [-0.25, -0.2) is 9.37 Å². The normalized spacial score (nSPS) is 10.7. The number of hydrogen-bond donors (Lipinski definition) is 2. The Morgan fingerprint density at radius 2 is 2.04 bits per heavy atom. The van der Waals surface area contributed by atoms with Crippen molar-refractivity contribution < 1.29 is 18.4 Å². The zero-order valence-electron chi connectivity index (χ0n) is 13.4. The molecule has 8 heteroatoms. The lowest BCUT2D eigenvalue weighted by molar-refractivity contribution is 0.0995. The van der Waals surface area contributed by atoms with Gasteiger partial charge in [0, 0.05) is 22.2 Å². The van der Waals surface area contributed by atoms with Crippen LogP contribution in [0, 0.1) is 19.7 Å². The third-order valence-corrected chi connectivity index (χ3v) is 4.42. The first kappa shape index (κ1) is 16.8. The van der Waals surface area contributed by atoms with Gasteiger partial charge in [-0.2, -0.15) is 0 Å². The summed E-state index contributed by atoms with van der Waals surface area (Å²) in [4.78, 5) is 27.9. The van der Waals surface area contributed by atoms with Gasteiger partial charge in [0.1, 0.15) is 17.3 Å². The zero-order chi connectivity index (χ0) is 18.1. The zero-order valence-corrected chi connectivity index (χ0v) is 14.2. The summed E-state index contributed by atoms with van der Waals surface area (Å²) >= 11 is 1.26. The van der Waals surface area contributed by atoms with Crippen LogP contribution in [0.1, 0.15) is 32.2 Å². The molecular weight excluding hydrogens is 345 g/mol. The standard InChI is InChI=1S/C17H14FN3O3S/c1-8-3-4-14(24-8)17-21-13(7-25-17)16(23)20-12-6-10(15(19)22)5-11(18)9(12)2/h3-7H,1-2H3,(H2,19,22)(H,20,23). The van der Waals surface area contributed by atoms with Crippen molar-refractivity contribution in [3.05, 3.63) is 58.0 Å². The molecule has 2 heterocycles.